The summed E-state index contributed by atoms with van der Waals surface area (Å²) in [7, 11) is 0. The lowest BCUT2D eigenvalue weighted by atomic mass is 10.1. The van der Waals surface area contributed by atoms with Gasteiger partial charge in [-0.1, -0.05) is 56.3 Å². The van der Waals surface area contributed by atoms with Crippen LogP contribution in [0.3, 0.4) is 0 Å². The number of nitrogens with two attached hydrogens (primary N) is 1. The molecule has 0 radical (unpaired) electrons. The molecule has 1 atom stereocenters. The first-order valence-corrected chi connectivity index (χ1v) is 11.6. The number of benzene rings is 2. The number of H-pyrrole nitrogens is 1. The topological polar surface area (TPSA) is 139 Å². The van der Waals surface area contributed by atoms with Crippen LogP contribution >= 0.6 is 0 Å². The molecule has 2 aromatic carbocycles. The van der Waals surface area contributed by atoms with Crippen LogP contribution in [-0.2, 0) is 11.3 Å². The number of nitrogen functional groups attached to an aromatic ring is 1. The zero-order valence-corrected chi connectivity index (χ0v) is 20.2. The summed E-state index contributed by atoms with van der Waals surface area (Å²) in [5.41, 5.74) is 5.78. The number of carbonyl (C=O) groups is 3. The first-order chi connectivity index (χ1) is 17.1. The minimum atomic E-state index is -1.22. The molecule has 3 amide bonds. The predicted octanol–water partition coefficient (Wildman–Crippen LogP) is 1.84. The van der Waals surface area contributed by atoms with Crippen LogP contribution in [0.5, 0.6) is 0 Å². The van der Waals surface area contributed by atoms with Crippen molar-refractivity contribution in [1.82, 2.24) is 14.5 Å². The summed E-state index contributed by atoms with van der Waals surface area (Å²) in [5.74, 6) is -2.12. The lowest BCUT2D eigenvalue weighted by molar-refractivity contribution is -0.122. The SMILES string of the molecule is CC(C)CN(C(=O)[C@H](C)N1C(=O)c2ccccc2C1=O)c1c(N)n(Cc2ccccc2)c(=O)[nH]c1=O. The number of aromatic nitrogens is 2. The Morgan fingerprint density at radius 2 is 1.47 bits per heavy atom. The van der Waals surface area contributed by atoms with Gasteiger partial charge in [-0.25, -0.2) is 4.79 Å². The number of imide groups is 1. The van der Waals surface area contributed by atoms with Gasteiger partial charge in [-0.05, 0) is 30.5 Å². The van der Waals surface area contributed by atoms with Gasteiger partial charge < -0.3 is 10.6 Å². The molecule has 10 nitrogen and oxygen atoms in total. The normalized spacial score (nSPS) is 13.7. The number of fused-ring (bicyclic) bond motifs is 1. The van der Waals surface area contributed by atoms with Crippen molar-refractivity contribution in [3.8, 4) is 0 Å². The molecule has 0 bridgehead atoms. The highest BCUT2D eigenvalue weighted by Gasteiger charge is 2.42. The average molecular weight is 490 g/mol. The number of hydrogen-bond donors (Lipinski definition) is 2. The van der Waals surface area contributed by atoms with Gasteiger partial charge in [-0.3, -0.25) is 33.6 Å². The van der Waals surface area contributed by atoms with Crippen LogP contribution < -0.4 is 21.9 Å². The summed E-state index contributed by atoms with van der Waals surface area (Å²) in [5, 5.41) is 0. The van der Waals surface area contributed by atoms with Crippen molar-refractivity contribution in [3.63, 3.8) is 0 Å². The van der Waals surface area contributed by atoms with Gasteiger partial charge in [-0.2, -0.15) is 0 Å². The van der Waals surface area contributed by atoms with Crippen LogP contribution in [0, 0.1) is 5.92 Å². The molecule has 0 aliphatic carbocycles. The quantitative estimate of drug-likeness (QED) is 0.486. The number of nitrogens with zero attached hydrogens (tertiary/aromatic N) is 3. The number of nitrogens with one attached hydrogen (secondary N) is 1. The molecular formula is C26H27N5O5. The summed E-state index contributed by atoms with van der Waals surface area (Å²) >= 11 is 0. The second-order valence-electron chi connectivity index (χ2n) is 9.11. The molecule has 2 heterocycles. The highest BCUT2D eigenvalue weighted by molar-refractivity contribution is 6.23. The molecule has 0 spiro atoms. The number of carbonyl (C=O) groups excluding carboxylic acids is 3. The van der Waals surface area contributed by atoms with Crippen LogP contribution in [0.15, 0.2) is 64.2 Å². The van der Waals surface area contributed by atoms with Crippen LogP contribution in [0.2, 0.25) is 0 Å². The summed E-state index contributed by atoms with van der Waals surface area (Å²) < 4.78 is 1.18. The van der Waals surface area contributed by atoms with Crippen molar-refractivity contribution < 1.29 is 14.4 Å². The Bertz CT molecular complexity index is 1420. The summed E-state index contributed by atoms with van der Waals surface area (Å²) in [6, 6.07) is 14.2. The van der Waals surface area contributed by atoms with Gasteiger partial charge in [0, 0.05) is 6.54 Å². The highest BCUT2D eigenvalue weighted by Crippen LogP contribution is 2.27. The van der Waals surface area contributed by atoms with E-state index in [1.165, 1.54) is 23.6 Å². The highest BCUT2D eigenvalue weighted by atomic mass is 16.2. The average Bonchev–Trinajstić information content (AvgIpc) is 3.10. The smallest absolute Gasteiger partial charge is 0.330 e. The van der Waals surface area contributed by atoms with Crippen molar-refractivity contribution in [2.45, 2.75) is 33.4 Å². The Hall–Kier alpha value is -4.47. The molecule has 1 aliphatic rings. The summed E-state index contributed by atoms with van der Waals surface area (Å²) in [6.07, 6.45) is 0. The molecule has 4 rings (SSSR count). The van der Waals surface area contributed by atoms with E-state index in [4.69, 9.17) is 5.73 Å². The van der Waals surface area contributed by atoms with Crippen molar-refractivity contribution in [1.29, 1.82) is 0 Å². The second kappa shape index (κ2) is 9.65. The minimum absolute atomic E-state index is 0.0726. The maximum Gasteiger partial charge on any atom is 0.330 e. The third-order valence-corrected chi connectivity index (χ3v) is 6.05. The Morgan fingerprint density at radius 3 is 2.03 bits per heavy atom. The second-order valence-corrected chi connectivity index (χ2v) is 9.11. The zero-order chi connectivity index (χ0) is 26.1. The van der Waals surface area contributed by atoms with E-state index in [2.05, 4.69) is 4.98 Å². The molecule has 0 saturated heterocycles. The molecule has 3 aromatic rings. The van der Waals surface area contributed by atoms with Gasteiger partial charge in [0.25, 0.3) is 17.4 Å². The molecule has 10 heteroatoms. The van der Waals surface area contributed by atoms with Gasteiger partial charge in [0.2, 0.25) is 5.91 Å². The molecule has 36 heavy (non-hydrogen) atoms. The van der Waals surface area contributed by atoms with E-state index in [1.807, 2.05) is 32.0 Å². The molecule has 3 N–H and O–H groups in total. The molecular weight excluding hydrogens is 462 g/mol. The maximum atomic E-state index is 13.8. The van der Waals surface area contributed by atoms with Crippen LogP contribution in [0.25, 0.3) is 0 Å². The third kappa shape index (κ3) is 4.33. The first-order valence-electron chi connectivity index (χ1n) is 11.6. The van der Waals surface area contributed by atoms with E-state index in [0.717, 1.165) is 15.4 Å². The van der Waals surface area contributed by atoms with E-state index in [9.17, 15) is 24.0 Å². The van der Waals surface area contributed by atoms with Crippen molar-refractivity contribution >= 4 is 29.2 Å². The van der Waals surface area contributed by atoms with Crippen molar-refractivity contribution in [2.75, 3.05) is 17.2 Å². The monoisotopic (exact) mass is 489 g/mol. The summed E-state index contributed by atoms with van der Waals surface area (Å²) in [4.78, 5) is 69.6. The van der Waals surface area contributed by atoms with E-state index < -0.39 is 35.0 Å². The van der Waals surface area contributed by atoms with E-state index in [-0.39, 0.29) is 41.6 Å². The molecule has 0 saturated carbocycles. The largest absolute Gasteiger partial charge is 0.383 e. The fraction of sp³-hybridized carbons (Fsp3) is 0.269. The van der Waals surface area contributed by atoms with Gasteiger partial charge in [0.1, 0.15) is 11.9 Å². The van der Waals surface area contributed by atoms with E-state index >= 15 is 0 Å². The summed E-state index contributed by atoms with van der Waals surface area (Å²) in [6.45, 7) is 5.27. The van der Waals surface area contributed by atoms with Gasteiger partial charge >= 0.3 is 5.69 Å². The fourth-order valence-corrected chi connectivity index (χ4v) is 4.31. The number of rotatable bonds is 7. The van der Waals surface area contributed by atoms with Crippen LogP contribution in [-0.4, -0.2) is 44.8 Å². The molecule has 1 aliphatic heterocycles. The molecule has 0 unspecified atom stereocenters. The van der Waals surface area contributed by atoms with Crippen molar-refractivity contribution in [2.24, 2.45) is 5.92 Å². The Morgan fingerprint density at radius 1 is 0.917 bits per heavy atom. The van der Waals surface area contributed by atoms with Gasteiger partial charge in [-0.15, -0.1) is 0 Å². The number of aromatic amines is 1. The molecule has 0 fully saturated rings. The van der Waals surface area contributed by atoms with E-state index in [1.54, 1.807) is 24.3 Å². The van der Waals surface area contributed by atoms with Crippen LogP contribution in [0.4, 0.5) is 11.5 Å². The fourth-order valence-electron chi connectivity index (χ4n) is 4.31. The number of anilines is 2. The lowest BCUT2D eigenvalue weighted by Crippen LogP contribution is -2.52. The number of hydrogen-bond acceptors (Lipinski definition) is 6. The molecule has 186 valence electrons. The molecule has 1 aromatic heterocycles. The standard InChI is InChI=1S/C26H27N5O5/c1-15(2)13-29(23(33)16(3)31-24(34)18-11-7-8-12-19(18)25(31)35)20-21(27)30(26(36)28-22(20)32)14-17-9-5-4-6-10-17/h4-12,15-16H,13-14,27H2,1-3H3,(H,28,32,36)/t16-/m0/s1. The maximum absolute atomic E-state index is 13.8. The van der Waals surface area contributed by atoms with Gasteiger partial charge in [0.15, 0.2) is 5.69 Å². The van der Waals surface area contributed by atoms with Gasteiger partial charge in [0.05, 0.1) is 17.7 Å². The first kappa shape index (κ1) is 24.6. The Labute approximate surface area is 207 Å². The zero-order valence-electron chi connectivity index (χ0n) is 20.2. The lowest BCUT2D eigenvalue weighted by Gasteiger charge is -2.31. The number of amides is 3. The Balaban J connectivity index is 1.76. The van der Waals surface area contributed by atoms with Crippen molar-refractivity contribution in [3.05, 3.63) is 92.1 Å². The third-order valence-electron chi connectivity index (χ3n) is 6.05. The predicted molar refractivity (Wildman–Crippen MR) is 135 cm³/mol. The van der Waals surface area contributed by atoms with Crippen LogP contribution in [0.1, 0.15) is 47.1 Å². The van der Waals surface area contributed by atoms with E-state index in [0.29, 0.717) is 0 Å². The minimum Gasteiger partial charge on any atom is -0.383 e. The Kier molecular flexibility index (Phi) is 6.61.